The Labute approximate surface area is 125 Å². The Kier molecular flexibility index (Phi) is 4.98. The van der Waals surface area contributed by atoms with Crippen LogP contribution in [0.2, 0.25) is 0 Å². The molecule has 0 aliphatic carbocycles. The Bertz CT molecular complexity index is 612. The molecule has 0 fully saturated rings. The average Bonchev–Trinajstić information content (AvgIpc) is 2.52. The molecule has 0 saturated carbocycles. The summed E-state index contributed by atoms with van der Waals surface area (Å²) in [6, 6.07) is 9.50. The minimum absolute atomic E-state index is 0.186. The first-order chi connectivity index (χ1) is 10.5. The molecule has 1 heterocycles. The molecule has 0 aliphatic heterocycles. The van der Waals surface area contributed by atoms with Gasteiger partial charge in [-0.05, 0) is 36.4 Å². The van der Waals surface area contributed by atoms with Crippen LogP contribution in [0.15, 0.2) is 48.7 Å². The average molecular weight is 309 g/mol. The summed E-state index contributed by atoms with van der Waals surface area (Å²) in [5, 5.41) is 5.62. The molecular formula is C15H14F3N3O. The largest absolute Gasteiger partial charge is 0.416 e. The molecule has 116 valence electrons. The van der Waals surface area contributed by atoms with E-state index in [0.717, 1.165) is 24.3 Å². The summed E-state index contributed by atoms with van der Waals surface area (Å²) in [4.78, 5) is 15.8. The lowest BCUT2D eigenvalue weighted by Crippen LogP contribution is -2.28. The van der Waals surface area contributed by atoms with Gasteiger partial charge in [0.1, 0.15) is 5.82 Å². The number of alkyl halides is 3. The van der Waals surface area contributed by atoms with Gasteiger partial charge < -0.3 is 10.6 Å². The summed E-state index contributed by atoms with van der Waals surface area (Å²) in [6.45, 7) is 0.791. The van der Waals surface area contributed by atoms with Gasteiger partial charge in [-0.15, -0.1) is 0 Å². The number of hydrogen-bond donors (Lipinski definition) is 2. The maximum absolute atomic E-state index is 12.4. The van der Waals surface area contributed by atoms with E-state index in [1.54, 1.807) is 18.3 Å². The topological polar surface area (TPSA) is 54.0 Å². The Morgan fingerprint density at radius 1 is 1.05 bits per heavy atom. The number of anilines is 1. The van der Waals surface area contributed by atoms with Gasteiger partial charge in [-0.3, -0.25) is 4.79 Å². The Morgan fingerprint density at radius 2 is 1.77 bits per heavy atom. The van der Waals surface area contributed by atoms with Gasteiger partial charge in [0.15, 0.2) is 0 Å². The molecule has 0 spiro atoms. The fourth-order valence-corrected chi connectivity index (χ4v) is 1.75. The van der Waals surface area contributed by atoms with Crippen LogP contribution in [-0.4, -0.2) is 24.0 Å². The van der Waals surface area contributed by atoms with Crippen molar-refractivity contribution < 1.29 is 18.0 Å². The lowest BCUT2D eigenvalue weighted by molar-refractivity contribution is -0.137. The zero-order valence-electron chi connectivity index (χ0n) is 11.5. The third kappa shape index (κ3) is 4.47. The van der Waals surface area contributed by atoms with E-state index >= 15 is 0 Å². The maximum atomic E-state index is 12.4. The second-order valence-corrected chi connectivity index (χ2v) is 4.47. The highest BCUT2D eigenvalue weighted by Crippen LogP contribution is 2.28. The van der Waals surface area contributed by atoms with Crippen LogP contribution in [0.3, 0.4) is 0 Å². The van der Waals surface area contributed by atoms with Gasteiger partial charge >= 0.3 is 6.18 Å². The molecule has 0 bridgehead atoms. The van der Waals surface area contributed by atoms with Crippen molar-refractivity contribution in [2.24, 2.45) is 0 Å². The SMILES string of the molecule is O=C(NCCNc1ccccn1)c1ccc(C(F)(F)F)cc1. The van der Waals surface area contributed by atoms with Crippen LogP contribution in [0, 0.1) is 0 Å². The third-order valence-corrected chi connectivity index (χ3v) is 2.86. The molecule has 2 rings (SSSR count). The van der Waals surface area contributed by atoms with E-state index < -0.39 is 17.6 Å². The fourth-order valence-electron chi connectivity index (χ4n) is 1.75. The lowest BCUT2D eigenvalue weighted by Gasteiger charge is -2.09. The molecule has 0 radical (unpaired) electrons. The number of nitrogens with one attached hydrogen (secondary N) is 2. The maximum Gasteiger partial charge on any atom is 0.416 e. The molecule has 2 aromatic rings. The lowest BCUT2D eigenvalue weighted by atomic mass is 10.1. The predicted molar refractivity (Wildman–Crippen MR) is 76.5 cm³/mol. The second kappa shape index (κ2) is 6.93. The van der Waals surface area contributed by atoms with Crippen LogP contribution in [0.25, 0.3) is 0 Å². The van der Waals surface area contributed by atoms with Crippen LogP contribution in [-0.2, 0) is 6.18 Å². The smallest absolute Gasteiger partial charge is 0.368 e. The summed E-state index contributed by atoms with van der Waals surface area (Å²) < 4.78 is 37.2. The van der Waals surface area contributed by atoms with Gasteiger partial charge in [0.25, 0.3) is 5.91 Å². The highest BCUT2D eigenvalue weighted by atomic mass is 19.4. The number of amides is 1. The zero-order chi connectivity index (χ0) is 16.0. The first-order valence-electron chi connectivity index (χ1n) is 6.57. The molecule has 0 saturated heterocycles. The van der Waals surface area contributed by atoms with Gasteiger partial charge in [-0.2, -0.15) is 13.2 Å². The van der Waals surface area contributed by atoms with Gasteiger partial charge in [-0.25, -0.2) is 4.98 Å². The van der Waals surface area contributed by atoms with Gasteiger partial charge in [0.2, 0.25) is 0 Å². The number of pyridine rings is 1. The molecule has 7 heteroatoms. The molecule has 0 aliphatic rings. The van der Waals surface area contributed by atoms with Crippen LogP contribution in [0.5, 0.6) is 0 Å². The van der Waals surface area contributed by atoms with Crippen molar-refractivity contribution in [1.29, 1.82) is 0 Å². The van der Waals surface area contributed by atoms with Crippen LogP contribution in [0.1, 0.15) is 15.9 Å². The van der Waals surface area contributed by atoms with E-state index in [9.17, 15) is 18.0 Å². The molecule has 2 N–H and O–H groups in total. The first-order valence-corrected chi connectivity index (χ1v) is 6.57. The van der Waals surface area contributed by atoms with E-state index in [2.05, 4.69) is 15.6 Å². The minimum Gasteiger partial charge on any atom is -0.368 e. The zero-order valence-corrected chi connectivity index (χ0v) is 11.5. The number of carbonyl (C=O) groups is 1. The second-order valence-electron chi connectivity index (χ2n) is 4.47. The van der Waals surface area contributed by atoms with Crippen molar-refractivity contribution in [3.63, 3.8) is 0 Å². The number of nitrogens with zero attached hydrogens (tertiary/aromatic N) is 1. The number of benzene rings is 1. The Balaban J connectivity index is 1.80. The molecular weight excluding hydrogens is 295 g/mol. The highest BCUT2D eigenvalue weighted by Gasteiger charge is 2.30. The van der Waals surface area contributed by atoms with Crippen molar-refractivity contribution in [3.05, 3.63) is 59.8 Å². The normalized spacial score (nSPS) is 11.0. The Morgan fingerprint density at radius 3 is 2.36 bits per heavy atom. The van der Waals surface area contributed by atoms with E-state index in [1.165, 1.54) is 0 Å². The number of halogens is 3. The van der Waals surface area contributed by atoms with Gasteiger partial charge in [-0.1, -0.05) is 6.07 Å². The van der Waals surface area contributed by atoms with Crippen molar-refractivity contribution in [2.75, 3.05) is 18.4 Å². The monoisotopic (exact) mass is 309 g/mol. The Hall–Kier alpha value is -2.57. The molecule has 0 atom stereocenters. The molecule has 4 nitrogen and oxygen atoms in total. The van der Waals surface area contributed by atoms with E-state index in [-0.39, 0.29) is 5.56 Å². The summed E-state index contributed by atoms with van der Waals surface area (Å²) in [6.07, 6.45) is -2.76. The van der Waals surface area contributed by atoms with E-state index in [4.69, 9.17) is 0 Å². The molecule has 22 heavy (non-hydrogen) atoms. The third-order valence-electron chi connectivity index (χ3n) is 2.86. The van der Waals surface area contributed by atoms with E-state index in [1.807, 2.05) is 6.07 Å². The summed E-state index contributed by atoms with van der Waals surface area (Å²) >= 11 is 0. The summed E-state index contributed by atoms with van der Waals surface area (Å²) in [5.41, 5.74) is -0.591. The van der Waals surface area contributed by atoms with Crippen molar-refractivity contribution in [1.82, 2.24) is 10.3 Å². The number of carbonyl (C=O) groups excluding carboxylic acids is 1. The van der Waals surface area contributed by atoms with Crippen LogP contribution >= 0.6 is 0 Å². The highest BCUT2D eigenvalue weighted by molar-refractivity contribution is 5.94. The number of rotatable bonds is 5. The van der Waals surface area contributed by atoms with Crippen LogP contribution < -0.4 is 10.6 Å². The van der Waals surface area contributed by atoms with Gasteiger partial charge in [0, 0.05) is 24.8 Å². The fraction of sp³-hybridized carbons (Fsp3) is 0.200. The standard InChI is InChI=1S/C15H14F3N3O/c16-15(17,18)12-6-4-11(5-7-12)14(22)21-10-9-20-13-3-1-2-8-19-13/h1-8H,9-10H2,(H,19,20)(H,21,22). The number of aromatic nitrogens is 1. The van der Waals surface area contributed by atoms with Crippen molar-refractivity contribution >= 4 is 11.7 Å². The minimum atomic E-state index is -4.40. The molecule has 1 aromatic carbocycles. The van der Waals surface area contributed by atoms with E-state index in [0.29, 0.717) is 18.9 Å². The quantitative estimate of drug-likeness (QED) is 0.835. The molecule has 1 aromatic heterocycles. The van der Waals surface area contributed by atoms with Crippen LogP contribution in [0.4, 0.5) is 19.0 Å². The molecule has 0 unspecified atom stereocenters. The number of hydrogen-bond acceptors (Lipinski definition) is 3. The van der Waals surface area contributed by atoms with Crippen molar-refractivity contribution in [3.8, 4) is 0 Å². The van der Waals surface area contributed by atoms with Gasteiger partial charge in [0.05, 0.1) is 5.56 Å². The molecule has 1 amide bonds. The first kappa shape index (κ1) is 15.8. The summed E-state index contributed by atoms with van der Waals surface area (Å²) in [7, 11) is 0. The summed E-state index contributed by atoms with van der Waals surface area (Å²) in [5.74, 6) is 0.267. The predicted octanol–water partition coefficient (Wildman–Crippen LogP) is 2.94. The van der Waals surface area contributed by atoms with Crippen molar-refractivity contribution in [2.45, 2.75) is 6.18 Å².